The van der Waals surface area contributed by atoms with Crippen LogP contribution in [0.2, 0.25) is 0 Å². The van der Waals surface area contributed by atoms with Gasteiger partial charge in [0, 0.05) is 12.8 Å². The van der Waals surface area contributed by atoms with E-state index in [2.05, 4.69) is 50.4 Å². The van der Waals surface area contributed by atoms with Crippen LogP contribution in [-0.2, 0) is 27.9 Å². The molecule has 1 N–H and O–H groups in total. The predicted octanol–water partition coefficient (Wildman–Crippen LogP) is 20.8. The summed E-state index contributed by atoms with van der Waals surface area (Å²) >= 11 is 0. The van der Waals surface area contributed by atoms with Crippen molar-refractivity contribution in [3.8, 4) is 0 Å². The van der Waals surface area contributed by atoms with Gasteiger partial charge in [0.2, 0.25) is 5.91 Å². The summed E-state index contributed by atoms with van der Waals surface area (Å²) in [6.07, 6.45) is 72.7. The molecule has 3 atom stereocenters. The number of rotatable bonds is 63. The van der Waals surface area contributed by atoms with Gasteiger partial charge in [0.05, 0.1) is 33.8 Å². The number of amides is 1. The molecule has 466 valence electrons. The highest BCUT2D eigenvalue weighted by molar-refractivity contribution is 7.45. The maximum atomic E-state index is 13.5. The summed E-state index contributed by atoms with van der Waals surface area (Å²) in [5.41, 5.74) is 0. The number of hydrogen-bond donors (Lipinski definition) is 1. The molecule has 79 heavy (non-hydrogen) atoms. The summed E-state index contributed by atoms with van der Waals surface area (Å²) in [4.78, 5) is 40.0. The zero-order valence-electron chi connectivity index (χ0n) is 53.3. The summed E-state index contributed by atoms with van der Waals surface area (Å²) in [5.74, 6) is -0.531. The molecule has 0 aliphatic carbocycles. The molecule has 0 spiro atoms. The topological polar surface area (TPSA) is 114 Å². The zero-order chi connectivity index (χ0) is 57.9. The van der Waals surface area contributed by atoms with Gasteiger partial charge >= 0.3 is 5.97 Å². The van der Waals surface area contributed by atoms with Gasteiger partial charge in [-0.15, -0.1) is 0 Å². The van der Waals surface area contributed by atoms with Crippen LogP contribution in [0, 0.1) is 0 Å². The van der Waals surface area contributed by atoms with Crippen LogP contribution in [0.15, 0.2) is 36.5 Å². The molecule has 0 aromatic carbocycles. The molecular formula is C69H133N2O7P. The minimum atomic E-state index is -4.70. The van der Waals surface area contributed by atoms with E-state index in [9.17, 15) is 19.0 Å². The molecule has 0 aromatic heterocycles. The van der Waals surface area contributed by atoms with E-state index in [1.807, 2.05) is 33.3 Å². The smallest absolute Gasteiger partial charge is 0.306 e. The number of nitrogens with zero attached hydrogens (tertiary/aromatic N) is 1. The minimum absolute atomic E-state index is 0.0207. The van der Waals surface area contributed by atoms with Crippen LogP contribution >= 0.6 is 7.82 Å². The lowest BCUT2D eigenvalue weighted by Crippen LogP contribution is -2.47. The van der Waals surface area contributed by atoms with Crippen LogP contribution in [0.1, 0.15) is 342 Å². The molecule has 9 nitrogen and oxygen atoms in total. The highest BCUT2D eigenvalue weighted by Crippen LogP contribution is 2.38. The molecule has 0 heterocycles. The number of phosphoric acid groups is 1. The first-order chi connectivity index (χ1) is 38.4. The van der Waals surface area contributed by atoms with Crippen LogP contribution in [0.3, 0.4) is 0 Å². The first-order valence-electron chi connectivity index (χ1n) is 34.3. The van der Waals surface area contributed by atoms with Gasteiger partial charge in [0.25, 0.3) is 7.82 Å². The Morgan fingerprint density at radius 3 is 1.09 bits per heavy atom. The lowest BCUT2D eigenvalue weighted by Gasteiger charge is -2.30. The van der Waals surface area contributed by atoms with E-state index in [0.29, 0.717) is 17.4 Å². The lowest BCUT2D eigenvalue weighted by molar-refractivity contribution is -0.870. The number of unbranched alkanes of at least 4 members (excludes halogenated alkanes) is 43. The molecule has 0 saturated heterocycles. The molecule has 0 rings (SSSR count). The van der Waals surface area contributed by atoms with Crippen LogP contribution in [-0.4, -0.2) is 69.4 Å². The number of hydrogen-bond acceptors (Lipinski definition) is 7. The number of carbonyl (C=O) groups is 2. The molecular weight excluding hydrogens is 1000 g/mol. The van der Waals surface area contributed by atoms with Gasteiger partial charge in [-0.25, -0.2) is 0 Å². The lowest BCUT2D eigenvalue weighted by atomic mass is 10.0. The van der Waals surface area contributed by atoms with Crippen LogP contribution in [0.5, 0.6) is 0 Å². The summed E-state index contributed by atoms with van der Waals surface area (Å²) < 4.78 is 30.4. The number of allylic oxidation sites excluding steroid dienone is 5. The van der Waals surface area contributed by atoms with Gasteiger partial charge in [-0.1, -0.05) is 282 Å². The molecule has 0 aliphatic rings. The van der Waals surface area contributed by atoms with Crippen molar-refractivity contribution in [3.63, 3.8) is 0 Å². The van der Waals surface area contributed by atoms with Gasteiger partial charge in [-0.3, -0.25) is 14.2 Å². The monoisotopic (exact) mass is 1130 g/mol. The molecule has 0 bridgehead atoms. The van der Waals surface area contributed by atoms with Crippen molar-refractivity contribution in [3.05, 3.63) is 36.5 Å². The molecule has 1 amide bonds. The number of esters is 1. The van der Waals surface area contributed by atoms with Gasteiger partial charge < -0.3 is 28.5 Å². The highest BCUT2D eigenvalue weighted by Gasteiger charge is 2.27. The second kappa shape index (κ2) is 59.4. The van der Waals surface area contributed by atoms with E-state index in [4.69, 9.17) is 13.8 Å². The molecule has 0 aromatic rings. The third-order valence-corrected chi connectivity index (χ3v) is 16.5. The average molecular weight is 1130 g/mol. The zero-order valence-corrected chi connectivity index (χ0v) is 54.2. The van der Waals surface area contributed by atoms with Gasteiger partial charge in [-0.2, -0.15) is 0 Å². The van der Waals surface area contributed by atoms with Crippen LogP contribution in [0.4, 0.5) is 0 Å². The highest BCUT2D eigenvalue weighted by atomic mass is 31.2. The van der Waals surface area contributed by atoms with Gasteiger partial charge in [0.15, 0.2) is 0 Å². The molecule has 0 aliphatic heterocycles. The fourth-order valence-electron chi connectivity index (χ4n) is 10.2. The Bertz CT molecular complexity index is 1450. The Hall–Kier alpha value is -1.77. The first-order valence-corrected chi connectivity index (χ1v) is 35.8. The third-order valence-electron chi connectivity index (χ3n) is 15.5. The van der Waals surface area contributed by atoms with Crippen molar-refractivity contribution in [1.82, 2.24) is 5.32 Å². The number of likely N-dealkylation sites (N-methyl/N-ethyl adjacent to an activating group) is 1. The molecule has 0 fully saturated rings. The Labute approximate surface area is 491 Å². The molecule has 3 unspecified atom stereocenters. The van der Waals surface area contributed by atoms with E-state index < -0.39 is 20.0 Å². The molecule has 0 radical (unpaired) electrons. The Balaban J connectivity index is 4.95. The summed E-state index contributed by atoms with van der Waals surface area (Å²) in [6.45, 7) is 6.86. The van der Waals surface area contributed by atoms with Crippen molar-refractivity contribution in [2.45, 2.75) is 354 Å². The number of nitrogens with one attached hydrogen (secondary N) is 1. The number of carbonyl (C=O) groups excluding carboxylic acids is 2. The third kappa shape index (κ3) is 60.6. The minimum Gasteiger partial charge on any atom is -0.756 e. The van der Waals surface area contributed by atoms with Gasteiger partial charge in [-0.05, 0) is 83.1 Å². The molecule has 0 saturated carbocycles. The summed E-state index contributed by atoms with van der Waals surface area (Å²) in [7, 11) is 1.20. The van der Waals surface area contributed by atoms with Crippen molar-refractivity contribution in [1.29, 1.82) is 0 Å². The maximum absolute atomic E-state index is 13.5. The average Bonchev–Trinajstić information content (AvgIpc) is 3.41. The predicted molar refractivity (Wildman–Crippen MR) is 340 cm³/mol. The fourth-order valence-corrected chi connectivity index (χ4v) is 10.9. The standard InChI is InChI=1S/C69H133N2O7P/c1-7-10-13-16-19-22-25-27-29-30-31-32-33-34-35-36-37-38-39-40-42-44-47-50-53-56-59-62-69(73)78-67(60-57-54-51-48-45-24-21-18-15-12-9-3)66(65-77-79(74,75)76-64-63-71(4,5)6)70-68(72)61-58-55-52-49-46-43-41-28-26-23-20-17-14-11-8-2/h23,26-27,29,57,60,66-67H,7-22,24-25,28,30-56,58-59,61-65H2,1-6H3,(H-,70,72,74,75)/b26-23-,29-27+,60-57-. The van der Waals surface area contributed by atoms with E-state index in [-0.39, 0.29) is 31.5 Å². The second-order valence-corrected chi connectivity index (χ2v) is 26.1. The normalized spacial score (nSPS) is 13.8. The Morgan fingerprint density at radius 2 is 0.734 bits per heavy atom. The fraction of sp³-hybridized carbons (Fsp3) is 0.884. The van der Waals surface area contributed by atoms with E-state index in [1.54, 1.807) is 0 Å². The Kier molecular flexibility index (Phi) is 58.1. The van der Waals surface area contributed by atoms with Crippen molar-refractivity contribution < 1.29 is 37.3 Å². The number of phosphoric ester groups is 1. The maximum Gasteiger partial charge on any atom is 0.306 e. The van der Waals surface area contributed by atoms with Crippen molar-refractivity contribution in [2.75, 3.05) is 40.9 Å². The summed E-state index contributed by atoms with van der Waals surface area (Å²) in [6, 6.07) is -0.887. The number of quaternary nitrogens is 1. The second-order valence-electron chi connectivity index (χ2n) is 24.7. The largest absolute Gasteiger partial charge is 0.756 e. The van der Waals surface area contributed by atoms with Crippen LogP contribution < -0.4 is 10.2 Å². The summed E-state index contributed by atoms with van der Waals surface area (Å²) in [5, 5.41) is 3.03. The molecule has 10 heteroatoms. The Morgan fingerprint density at radius 1 is 0.430 bits per heavy atom. The van der Waals surface area contributed by atoms with E-state index >= 15 is 0 Å². The SMILES string of the molecule is CCCCCC/C=C\CCCCCCCCCC(=O)NC(COP(=O)([O-])OCC[N+](C)(C)C)C(/C=C\CCCCCCCCCCC)OC(=O)CCCCCCCCCCCCCCCCCCC/C=C/CCCCCCCC. The number of ether oxygens (including phenoxy) is 1. The van der Waals surface area contributed by atoms with Crippen molar-refractivity contribution in [2.24, 2.45) is 0 Å². The van der Waals surface area contributed by atoms with E-state index in [0.717, 1.165) is 70.6 Å². The first kappa shape index (κ1) is 77.2. The van der Waals surface area contributed by atoms with Gasteiger partial charge in [0.1, 0.15) is 19.3 Å². The van der Waals surface area contributed by atoms with Crippen molar-refractivity contribution >= 4 is 19.7 Å². The van der Waals surface area contributed by atoms with Crippen LogP contribution in [0.25, 0.3) is 0 Å². The quantitative estimate of drug-likeness (QED) is 0.0212. The van der Waals surface area contributed by atoms with E-state index in [1.165, 1.54) is 238 Å².